The third-order valence-electron chi connectivity index (χ3n) is 5.80. The molecule has 0 fully saturated rings. The van der Waals surface area contributed by atoms with Crippen LogP contribution < -0.4 is 0 Å². The van der Waals surface area contributed by atoms with E-state index in [2.05, 4.69) is 4.57 Å². The number of rotatable bonds is 5. The molecule has 0 saturated carbocycles. The van der Waals surface area contributed by atoms with Crippen LogP contribution in [0.4, 0.5) is 8.78 Å². The fourth-order valence-electron chi connectivity index (χ4n) is 4.16. The highest BCUT2D eigenvalue weighted by Gasteiger charge is 2.34. The topological polar surface area (TPSA) is 45.6 Å². The number of hydrogen-bond donors (Lipinski definition) is 0. The molecule has 0 bridgehead atoms. The lowest BCUT2D eigenvalue weighted by atomic mass is 9.99. The van der Waals surface area contributed by atoms with Crippen LogP contribution in [0, 0.1) is 11.6 Å². The van der Waals surface area contributed by atoms with Crippen molar-refractivity contribution in [3.8, 4) is 0 Å². The molecule has 0 saturated heterocycles. The Labute approximate surface area is 185 Å². The van der Waals surface area contributed by atoms with Crippen molar-refractivity contribution in [3.05, 3.63) is 95.3 Å². The van der Waals surface area contributed by atoms with E-state index in [1.807, 2.05) is 32.2 Å². The summed E-state index contributed by atoms with van der Waals surface area (Å²) in [6.07, 6.45) is 1.95. The maximum Gasteiger partial charge on any atom is 0.254 e. The minimum absolute atomic E-state index is 0.125. The van der Waals surface area contributed by atoms with Crippen LogP contribution in [0.5, 0.6) is 0 Å². The Morgan fingerprint density at radius 3 is 2.44 bits per heavy atom. The Morgan fingerprint density at radius 1 is 1.00 bits per heavy atom. The lowest BCUT2D eigenvalue weighted by Crippen LogP contribution is -2.49. The van der Waals surface area contributed by atoms with Gasteiger partial charge >= 0.3 is 0 Å². The molecule has 0 spiro atoms. The predicted molar refractivity (Wildman–Crippen MR) is 117 cm³/mol. The molecular formula is C25H25F2N3O2. The van der Waals surface area contributed by atoms with E-state index in [1.165, 1.54) is 41.3 Å². The van der Waals surface area contributed by atoms with Gasteiger partial charge in [0.25, 0.3) is 5.91 Å². The molecule has 2 amide bonds. The van der Waals surface area contributed by atoms with E-state index in [9.17, 15) is 18.4 Å². The van der Waals surface area contributed by atoms with Crippen LogP contribution in [0.2, 0.25) is 0 Å². The summed E-state index contributed by atoms with van der Waals surface area (Å²) in [4.78, 5) is 29.7. The van der Waals surface area contributed by atoms with E-state index in [0.29, 0.717) is 24.2 Å². The van der Waals surface area contributed by atoms with Crippen LogP contribution >= 0.6 is 0 Å². The van der Waals surface area contributed by atoms with Crippen molar-refractivity contribution in [2.75, 3.05) is 13.1 Å². The summed E-state index contributed by atoms with van der Waals surface area (Å²) >= 11 is 0. The highest BCUT2D eigenvalue weighted by molar-refractivity contribution is 5.96. The molecule has 4 rings (SSSR count). The maximum absolute atomic E-state index is 14.0. The van der Waals surface area contributed by atoms with Crippen molar-refractivity contribution in [2.45, 2.75) is 32.5 Å². The summed E-state index contributed by atoms with van der Waals surface area (Å²) in [5.74, 6) is -1.36. The van der Waals surface area contributed by atoms with E-state index < -0.39 is 11.9 Å². The summed E-state index contributed by atoms with van der Waals surface area (Å²) < 4.78 is 29.3. The average molecular weight is 437 g/mol. The van der Waals surface area contributed by atoms with Gasteiger partial charge in [-0.05, 0) is 67.9 Å². The average Bonchev–Trinajstić information content (AvgIpc) is 3.25. The first-order chi connectivity index (χ1) is 15.3. The fourth-order valence-corrected chi connectivity index (χ4v) is 4.16. The number of aromatic nitrogens is 1. The largest absolute Gasteiger partial charge is 0.348 e. The van der Waals surface area contributed by atoms with Crippen molar-refractivity contribution < 1.29 is 18.4 Å². The van der Waals surface area contributed by atoms with E-state index in [-0.39, 0.29) is 30.2 Å². The molecule has 0 aliphatic carbocycles. The lowest BCUT2D eigenvalue weighted by molar-refractivity contribution is -0.135. The van der Waals surface area contributed by atoms with Gasteiger partial charge in [0.1, 0.15) is 18.2 Å². The van der Waals surface area contributed by atoms with Crippen molar-refractivity contribution >= 4 is 11.8 Å². The quantitative estimate of drug-likeness (QED) is 0.599. The van der Waals surface area contributed by atoms with E-state index in [4.69, 9.17) is 0 Å². The molecule has 0 N–H and O–H groups in total. The summed E-state index contributed by atoms with van der Waals surface area (Å²) in [5, 5.41) is 0. The van der Waals surface area contributed by atoms with Gasteiger partial charge in [0.2, 0.25) is 5.91 Å². The second-order valence-electron chi connectivity index (χ2n) is 8.20. The molecule has 7 heteroatoms. The molecule has 1 aliphatic rings. The molecule has 32 heavy (non-hydrogen) atoms. The second kappa shape index (κ2) is 8.94. The van der Waals surface area contributed by atoms with Crippen LogP contribution in [0.3, 0.4) is 0 Å². The van der Waals surface area contributed by atoms with Gasteiger partial charge in [-0.1, -0.05) is 12.1 Å². The van der Waals surface area contributed by atoms with Crippen LogP contribution in [0.25, 0.3) is 0 Å². The van der Waals surface area contributed by atoms with E-state index in [1.54, 1.807) is 17.0 Å². The Morgan fingerprint density at radius 2 is 1.75 bits per heavy atom. The van der Waals surface area contributed by atoms with Crippen molar-refractivity contribution in [1.82, 2.24) is 14.4 Å². The number of amides is 2. The SMILES string of the molecule is CC(C)N(CC(=O)N1CCn2cccc2C1c1cccc(F)c1)C(=O)c1ccc(F)cc1. The van der Waals surface area contributed by atoms with Crippen molar-refractivity contribution in [2.24, 2.45) is 0 Å². The standard InChI is InChI=1S/C25H25F2N3O2/c1-17(2)30(25(32)18-8-10-20(26)11-9-18)16-23(31)29-14-13-28-12-4-7-22(28)24(29)19-5-3-6-21(27)15-19/h3-12,15,17,24H,13-14,16H2,1-2H3. The van der Waals surface area contributed by atoms with E-state index >= 15 is 0 Å². The zero-order valence-electron chi connectivity index (χ0n) is 18.0. The molecule has 5 nitrogen and oxygen atoms in total. The van der Waals surface area contributed by atoms with Crippen molar-refractivity contribution in [1.29, 1.82) is 0 Å². The Hall–Kier alpha value is -3.48. The number of carbonyl (C=O) groups excluding carboxylic acids is 2. The van der Waals surface area contributed by atoms with Gasteiger partial charge in [0.15, 0.2) is 0 Å². The Balaban J connectivity index is 1.62. The van der Waals surface area contributed by atoms with Gasteiger partial charge < -0.3 is 14.4 Å². The number of carbonyl (C=O) groups is 2. The maximum atomic E-state index is 14.0. The zero-order chi connectivity index (χ0) is 22.8. The molecule has 3 aromatic rings. The number of nitrogens with zero attached hydrogens (tertiary/aromatic N) is 3. The van der Waals surface area contributed by atoms with Crippen LogP contribution in [0.15, 0.2) is 66.9 Å². The van der Waals surface area contributed by atoms with Crippen LogP contribution in [-0.2, 0) is 11.3 Å². The molecule has 2 heterocycles. The first-order valence-corrected chi connectivity index (χ1v) is 10.6. The molecule has 1 aromatic heterocycles. The van der Waals surface area contributed by atoms with Crippen LogP contribution in [0.1, 0.15) is 41.5 Å². The Kier molecular flexibility index (Phi) is 6.08. The Bertz CT molecular complexity index is 1120. The van der Waals surface area contributed by atoms with Gasteiger partial charge in [-0.15, -0.1) is 0 Å². The first kappa shape index (κ1) is 21.7. The molecule has 2 aromatic carbocycles. The molecule has 166 valence electrons. The van der Waals surface area contributed by atoms with Gasteiger partial charge in [-0.3, -0.25) is 9.59 Å². The fraction of sp³-hybridized carbons (Fsp3) is 0.280. The number of hydrogen-bond acceptors (Lipinski definition) is 2. The van der Waals surface area contributed by atoms with Gasteiger partial charge in [-0.2, -0.15) is 0 Å². The summed E-state index contributed by atoms with van der Waals surface area (Å²) in [7, 11) is 0. The highest BCUT2D eigenvalue weighted by Crippen LogP contribution is 2.33. The zero-order valence-corrected chi connectivity index (χ0v) is 18.0. The van der Waals surface area contributed by atoms with Crippen LogP contribution in [-0.4, -0.2) is 45.3 Å². The number of halogens is 2. The number of benzene rings is 2. The third-order valence-corrected chi connectivity index (χ3v) is 5.80. The predicted octanol–water partition coefficient (Wildman–Crippen LogP) is 4.25. The van der Waals surface area contributed by atoms with E-state index in [0.717, 1.165) is 5.69 Å². The first-order valence-electron chi connectivity index (χ1n) is 10.6. The molecule has 1 atom stereocenters. The summed E-state index contributed by atoms with van der Waals surface area (Å²) in [5.41, 5.74) is 1.90. The van der Waals surface area contributed by atoms with Gasteiger partial charge in [0, 0.05) is 36.6 Å². The minimum atomic E-state index is -0.447. The lowest BCUT2D eigenvalue weighted by Gasteiger charge is -2.39. The summed E-state index contributed by atoms with van der Waals surface area (Å²) in [6, 6.07) is 14.7. The molecular weight excluding hydrogens is 412 g/mol. The highest BCUT2D eigenvalue weighted by atomic mass is 19.1. The normalized spacial score (nSPS) is 15.5. The second-order valence-corrected chi connectivity index (χ2v) is 8.20. The third kappa shape index (κ3) is 4.28. The van der Waals surface area contributed by atoms with Gasteiger partial charge in [0.05, 0.1) is 6.04 Å². The monoisotopic (exact) mass is 437 g/mol. The minimum Gasteiger partial charge on any atom is -0.348 e. The molecule has 1 aliphatic heterocycles. The number of fused-ring (bicyclic) bond motifs is 1. The molecule has 0 radical (unpaired) electrons. The smallest absolute Gasteiger partial charge is 0.254 e. The van der Waals surface area contributed by atoms with Crippen molar-refractivity contribution in [3.63, 3.8) is 0 Å². The summed E-state index contributed by atoms with van der Waals surface area (Å²) in [6.45, 7) is 4.60. The van der Waals surface area contributed by atoms with Gasteiger partial charge in [-0.25, -0.2) is 8.78 Å². The molecule has 1 unspecified atom stereocenters.